The lowest BCUT2D eigenvalue weighted by Gasteiger charge is -2.37. The van der Waals surface area contributed by atoms with Gasteiger partial charge < -0.3 is 20.4 Å². The molecule has 2 aromatic rings. The SMILES string of the molecule is O=C(N[C@H]1C[C@H](CN2C=C(CO)NN2)C1)c1cc(-c2ccccc2)no1. The predicted molar refractivity (Wildman–Crippen MR) is 94.1 cm³/mol. The second-order valence-corrected chi connectivity index (χ2v) is 6.65. The summed E-state index contributed by atoms with van der Waals surface area (Å²) in [6.45, 7) is 0.804. The molecule has 1 aromatic heterocycles. The van der Waals surface area contributed by atoms with E-state index in [1.54, 1.807) is 6.07 Å². The van der Waals surface area contributed by atoms with Crippen LogP contribution in [0.2, 0.25) is 0 Å². The smallest absolute Gasteiger partial charge is 0.290 e. The van der Waals surface area contributed by atoms with E-state index < -0.39 is 0 Å². The predicted octanol–water partition coefficient (Wildman–Crippen LogP) is 1.01. The molecule has 136 valence electrons. The summed E-state index contributed by atoms with van der Waals surface area (Å²) in [7, 11) is 0. The Labute approximate surface area is 150 Å². The van der Waals surface area contributed by atoms with Crippen LogP contribution >= 0.6 is 0 Å². The van der Waals surface area contributed by atoms with Crippen LogP contribution in [0.4, 0.5) is 0 Å². The van der Waals surface area contributed by atoms with Gasteiger partial charge in [0.25, 0.3) is 5.91 Å². The molecule has 1 saturated carbocycles. The van der Waals surface area contributed by atoms with Crippen molar-refractivity contribution >= 4 is 5.91 Å². The number of amides is 1. The zero-order valence-corrected chi connectivity index (χ0v) is 14.2. The monoisotopic (exact) mass is 355 g/mol. The molecule has 0 radical (unpaired) electrons. The van der Waals surface area contributed by atoms with E-state index in [9.17, 15) is 4.79 Å². The van der Waals surface area contributed by atoms with E-state index in [4.69, 9.17) is 9.63 Å². The van der Waals surface area contributed by atoms with Crippen LogP contribution in [0, 0.1) is 5.92 Å². The van der Waals surface area contributed by atoms with Crippen molar-refractivity contribution in [3.05, 3.63) is 54.1 Å². The summed E-state index contributed by atoms with van der Waals surface area (Å²) in [4.78, 5) is 12.3. The van der Waals surface area contributed by atoms with Crippen LogP contribution in [-0.4, -0.2) is 40.4 Å². The molecule has 4 rings (SSSR count). The Morgan fingerprint density at radius 3 is 2.88 bits per heavy atom. The lowest BCUT2D eigenvalue weighted by atomic mass is 9.80. The molecule has 4 N–H and O–H groups in total. The number of nitrogens with zero attached hydrogens (tertiary/aromatic N) is 2. The van der Waals surface area contributed by atoms with Gasteiger partial charge in [-0.05, 0) is 18.8 Å². The highest BCUT2D eigenvalue weighted by Gasteiger charge is 2.32. The lowest BCUT2D eigenvalue weighted by molar-refractivity contribution is 0.0823. The van der Waals surface area contributed by atoms with Gasteiger partial charge in [0.15, 0.2) is 0 Å². The number of hydrogen-bond acceptors (Lipinski definition) is 7. The Bertz CT molecular complexity index is 798. The van der Waals surface area contributed by atoms with Crippen molar-refractivity contribution in [3.63, 3.8) is 0 Å². The summed E-state index contributed by atoms with van der Waals surface area (Å²) in [6, 6.07) is 11.4. The molecule has 2 heterocycles. The minimum absolute atomic E-state index is 0.0188. The van der Waals surface area contributed by atoms with E-state index in [-0.39, 0.29) is 24.3 Å². The van der Waals surface area contributed by atoms with E-state index in [0.717, 1.165) is 30.6 Å². The van der Waals surface area contributed by atoms with Gasteiger partial charge in [-0.15, -0.1) is 5.53 Å². The second kappa shape index (κ2) is 7.19. The van der Waals surface area contributed by atoms with Gasteiger partial charge in [0.2, 0.25) is 5.76 Å². The molecule has 1 amide bonds. The Morgan fingerprint density at radius 2 is 2.15 bits per heavy atom. The van der Waals surface area contributed by atoms with E-state index in [0.29, 0.717) is 11.6 Å². The summed E-state index contributed by atoms with van der Waals surface area (Å²) >= 11 is 0. The molecule has 0 atom stereocenters. The van der Waals surface area contributed by atoms with Crippen LogP contribution in [0.5, 0.6) is 0 Å². The van der Waals surface area contributed by atoms with Gasteiger partial charge >= 0.3 is 0 Å². The normalized spacial score (nSPS) is 21.7. The zero-order valence-electron chi connectivity index (χ0n) is 14.2. The molecular weight excluding hydrogens is 334 g/mol. The summed E-state index contributed by atoms with van der Waals surface area (Å²) in [6.07, 6.45) is 3.67. The van der Waals surface area contributed by atoms with Crippen molar-refractivity contribution in [1.82, 2.24) is 26.4 Å². The van der Waals surface area contributed by atoms with Crippen LogP contribution in [-0.2, 0) is 0 Å². The molecule has 8 heteroatoms. The van der Waals surface area contributed by atoms with Gasteiger partial charge in [-0.25, -0.2) is 0 Å². The fraction of sp³-hybridized carbons (Fsp3) is 0.333. The van der Waals surface area contributed by atoms with Gasteiger partial charge in [0, 0.05) is 30.4 Å². The number of aromatic nitrogens is 1. The van der Waals surface area contributed by atoms with Gasteiger partial charge in [-0.2, -0.15) is 0 Å². The number of carbonyl (C=O) groups is 1. The van der Waals surface area contributed by atoms with E-state index in [1.165, 1.54) is 0 Å². The van der Waals surface area contributed by atoms with Crippen molar-refractivity contribution in [2.45, 2.75) is 18.9 Å². The number of carbonyl (C=O) groups excluding carboxylic acids is 1. The molecule has 1 fully saturated rings. The number of benzene rings is 1. The third kappa shape index (κ3) is 3.56. The number of nitrogens with one attached hydrogen (secondary N) is 3. The van der Waals surface area contributed by atoms with Gasteiger partial charge in [0.05, 0.1) is 12.3 Å². The third-order valence-electron chi connectivity index (χ3n) is 4.67. The van der Waals surface area contributed by atoms with E-state index in [1.807, 2.05) is 41.5 Å². The highest BCUT2D eigenvalue weighted by molar-refractivity contribution is 5.92. The van der Waals surface area contributed by atoms with Crippen molar-refractivity contribution in [2.75, 3.05) is 13.2 Å². The van der Waals surface area contributed by atoms with Crippen LogP contribution in [0.3, 0.4) is 0 Å². The second-order valence-electron chi connectivity index (χ2n) is 6.65. The third-order valence-corrected chi connectivity index (χ3v) is 4.67. The topological polar surface area (TPSA) is 103 Å². The minimum atomic E-state index is -0.230. The molecular formula is C18H21N5O3. The van der Waals surface area contributed by atoms with Crippen LogP contribution in [0.25, 0.3) is 11.3 Å². The van der Waals surface area contributed by atoms with Crippen molar-refractivity contribution in [1.29, 1.82) is 0 Å². The number of hydrazine groups is 2. The maximum atomic E-state index is 12.3. The Hall–Kier alpha value is -2.84. The molecule has 1 aliphatic carbocycles. The van der Waals surface area contributed by atoms with Crippen molar-refractivity contribution in [3.8, 4) is 11.3 Å². The molecule has 1 aromatic carbocycles. The van der Waals surface area contributed by atoms with Crippen LogP contribution < -0.4 is 16.3 Å². The van der Waals surface area contributed by atoms with E-state index in [2.05, 4.69) is 21.4 Å². The minimum Gasteiger partial charge on any atom is -0.390 e. The van der Waals surface area contributed by atoms with Gasteiger partial charge in [0.1, 0.15) is 5.69 Å². The quantitative estimate of drug-likeness (QED) is 0.613. The molecule has 0 spiro atoms. The first kappa shape index (κ1) is 16.6. The Balaban J connectivity index is 1.25. The first-order chi connectivity index (χ1) is 12.7. The maximum Gasteiger partial charge on any atom is 0.290 e. The Kier molecular flexibility index (Phi) is 4.59. The fourth-order valence-corrected chi connectivity index (χ4v) is 3.24. The van der Waals surface area contributed by atoms with Gasteiger partial charge in [-0.1, -0.05) is 35.5 Å². The molecule has 2 aliphatic rings. The largest absolute Gasteiger partial charge is 0.390 e. The average molecular weight is 355 g/mol. The summed E-state index contributed by atoms with van der Waals surface area (Å²) in [5, 5.41) is 17.9. The molecule has 0 saturated heterocycles. The molecule has 1 aliphatic heterocycles. The standard InChI is InChI=1S/C18H21N5O3/c24-11-15-10-23(22-20-15)9-12-6-14(7-12)19-18(25)17-8-16(21-26-17)13-4-2-1-3-5-13/h1-5,8,10,12,14,20,22,24H,6-7,9,11H2,(H,19,25)/t12-,14-. The van der Waals surface area contributed by atoms with Crippen LogP contribution in [0.15, 0.2) is 52.8 Å². The van der Waals surface area contributed by atoms with Crippen molar-refractivity contribution < 1.29 is 14.4 Å². The number of aliphatic hydroxyl groups is 1. The first-order valence-corrected chi connectivity index (χ1v) is 8.64. The molecule has 8 nitrogen and oxygen atoms in total. The average Bonchev–Trinajstić information content (AvgIpc) is 3.30. The summed E-state index contributed by atoms with van der Waals surface area (Å²) in [5.74, 6) is 0.485. The zero-order chi connectivity index (χ0) is 17.9. The number of rotatable bonds is 6. The molecule has 0 unspecified atom stereocenters. The van der Waals surface area contributed by atoms with E-state index >= 15 is 0 Å². The molecule has 26 heavy (non-hydrogen) atoms. The summed E-state index contributed by atoms with van der Waals surface area (Å²) < 4.78 is 5.19. The maximum absolute atomic E-state index is 12.3. The van der Waals surface area contributed by atoms with Gasteiger partial charge in [-0.3, -0.25) is 9.80 Å². The highest BCUT2D eigenvalue weighted by atomic mass is 16.5. The van der Waals surface area contributed by atoms with Crippen LogP contribution in [0.1, 0.15) is 23.4 Å². The first-order valence-electron chi connectivity index (χ1n) is 8.64. The summed E-state index contributed by atoms with van der Waals surface area (Å²) in [5.41, 5.74) is 8.18. The highest BCUT2D eigenvalue weighted by Crippen LogP contribution is 2.29. The lowest BCUT2D eigenvalue weighted by Crippen LogP contribution is -2.49. The molecule has 0 bridgehead atoms. The van der Waals surface area contributed by atoms with Crippen molar-refractivity contribution in [2.24, 2.45) is 5.92 Å². The fourth-order valence-electron chi connectivity index (χ4n) is 3.24. The number of hydrogen-bond donors (Lipinski definition) is 4. The number of aliphatic hydroxyl groups excluding tert-OH is 1. The Morgan fingerprint density at radius 1 is 1.35 bits per heavy atom.